The quantitative estimate of drug-likeness (QED) is 0.871. The third kappa shape index (κ3) is 3.17. The third-order valence-electron chi connectivity index (χ3n) is 3.82. The van der Waals surface area contributed by atoms with Crippen LogP contribution in [0.1, 0.15) is 55.5 Å². The maximum absolute atomic E-state index is 12.3. The Bertz CT molecular complexity index is 582. The SMILES string of the molecule is CCCc1c(O)ccc2c1OC(C)(CCC(N)=O)CC2=O. The van der Waals surface area contributed by atoms with Crippen molar-refractivity contribution < 1.29 is 19.4 Å². The summed E-state index contributed by atoms with van der Waals surface area (Å²) >= 11 is 0. The van der Waals surface area contributed by atoms with E-state index in [0.717, 1.165) is 6.42 Å². The summed E-state index contributed by atoms with van der Waals surface area (Å²) in [7, 11) is 0. The molecular weight excluding hydrogens is 270 g/mol. The third-order valence-corrected chi connectivity index (χ3v) is 3.82. The largest absolute Gasteiger partial charge is 0.508 e. The lowest BCUT2D eigenvalue weighted by atomic mass is 9.86. The van der Waals surface area contributed by atoms with Gasteiger partial charge in [0.05, 0.1) is 12.0 Å². The molecular formula is C16H21NO4. The van der Waals surface area contributed by atoms with Gasteiger partial charge in [-0.3, -0.25) is 9.59 Å². The molecule has 1 aliphatic heterocycles. The molecule has 1 atom stereocenters. The Morgan fingerprint density at radius 3 is 2.81 bits per heavy atom. The van der Waals surface area contributed by atoms with E-state index in [9.17, 15) is 14.7 Å². The van der Waals surface area contributed by atoms with E-state index in [0.29, 0.717) is 29.7 Å². The second kappa shape index (κ2) is 5.76. The summed E-state index contributed by atoms with van der Waals surface area (Å²) in [4.78, 5) is 23.3. The van der Waals surface area contributed by atoms with Crippen LogP contribution in [0.2, 0.25) is 0 Å². The molecule has 1 amide bonds. The number of phenolic OH excluding ortho intramolecular Hbond substituents is 1. The van der Waals surface area contributed by atoms with E-state index >= 15 is 0 Å². The molecule has 0 bridgehead atoms. The van der Waals surface area contributed by atoms with Crippen molar-refractivity contribution in [3.8, 4) is 11.5 Å². The number of hydrogen-bond acceptors (Lipinski definition) is 4. The van der Waals surface area contributed by atoms with Crippen molar-refractivity contribution >= 4 is 11.7 Å². The number of carbonyl (C=O) groups is 2. The lowest BCUT2D eigenvalue weighted by Crippen LogP contribution is -2.40. The van der Waals surface area contributed by atoms with Gasteiger partial charge in [-0.2, -0.15) is 0 Å². The number of hydrogen-bond donors (Lipinski definition) is 2. The average Bonchev–Trinajstić information content (AvgIpc) is 2.40. The van der Waals surface area contributed by atoms with Gasteiger partial charge in [-0.05, 0) is 31.9 Å². The molecule has 1 aliphatic rings. The number of phenols is 1. The van der Waals surface area contributed by atoms with Gasteiger partial charge in [0.1, 0.15) is 17.1 Å². The average molecular weight is 291 g/mol. The molecule has 3 N–H and O–H groups in total. The van der Waals surface area contributed by atoms with Crippen LogP contribution in [0.5, 0.6) is 11.5 Å². The first-order valence-corrected chi connectivity index (χ1v) is 7.21. The number of benzene rings is 1. The smallest absolute Gasteiger partial charge is 0.217 e. The van der Waals surface area contributed by atoms with Gasteiger partial charge in [-0.1, -0.05) is 13.3 Å². The number of amides is 1. The zero-order valence-corrected chi connectivity index (χ0v) is 12.4. The van der Waals surface area contributed by atoms with E-state index in [1.165, 1.54) is 6.07 Å². The summed E-state index contributed by atoms with van der Waals surface area (Å²) in [6, 6.07) is 3.14. The fraction of sp³-hybridized carbons (Fsp3) is 0.500. The molecule has 0 fully saturated rings. The Balaban J connectivity index is 2.38. The number of ketones is 1. The maximum Gasteiger partial charge on any atom is 0.217 e. The second-order valence-electron chi connectivity index (χ2n) is 5.81. The van der Waals surface area contributed by atoms with E-state index in [-0.39, 0.29) is 24.4 Å². The van der Waals surface area contributed by atoms with Gasteiger partial charge in [0, 0.05) is 12.0 Å². The number of ether oxygens (including phenoxy) is 1. The molecule has 21 heavy (non-hydrogen) atoms. The minimum Gasteiger partial charge on any atom is -0.508 e. The highest BCUT2D eigenvalue weighted by Gasteiger charge is 2.38. The molecule has 0 radical (unpaired) electrons. The van der Waals surface area contributed by atoms with Crippen LogP contribution in [0, 0.1) is 0 Å². The van der Waals surface area contributed by atoms with E-state index in [4.69, 9.17) is 10.5 Å². The van der Waals surface area contributed by atoms with Crippen molar-refractivity contribution in [2.75, 3.05) is 0 Å². The van der Waals surface area contributed by atoms with Crippen LogP contribution in [0.15, 0.2) is 12.1 Å². The highest BCUT2D eigenvalue weighted by Crippen LogP contribution is 2.41. The van der Waals surface area contributed by atoms with Gasteiger partial charge in [0.25, 0.3) is 0 Å². The molecule has 0 saturated carbocycles. The predicted octanol–water partition coefficient (Wildman–Crippen LogP) is 2.33. The number of nitrogens with two attached hydrogens (primary N) is 1. The normalized spacial score (nSPS) is 20.8. The van der Waals surface area contributed by atoms with E-state index in [2.05, 4.69) is 0 Å². The highest BCUT2D eigenvalue weighted by atomic mass is 16.5. The van der Waals surface area contributed by atoms with E-state index in [1.807, 2.05) is 6.92 Å². The molecule has 1 unspecified atom stereocenters. The van der Waals surface area contributed by atoms with Crippen LogP contribution < -0.4 is 10.5 Å². The number of rotatable bonds is 5. The molecule has 114 valence electrons. The lowest BCUT2D eigenvalue weighted by molar-refractivity contribution is -0.119. The topological polar surface area (TPSA) is 89.6 Å². The van der Waals surface area contributed by atoms with Crippen molar-refractivity contribution in [3.63, 3.8) is 0 Å². The fourth-order valence-corrected chi connectivity index (χ4v) is 2.69. The molecule has 1 aromatic rings. The molecule has 0 spiro atoms. The second-order valence-corrected chi connectivity index (χ2v) is 5.81. The maximum atomic E-state index is 12.3. The van der Waals surface area contributed by atoms with Crippen LogP contribution in [-0.4, -0.2) is 22.4 Å². The summed E-state index contributed by atoms with van der Waals surface area (Å²) in [5, 5.41) is 10.0. The predicted molar refractivity (Wildman–Crippen MR) is 78.5 cm³/mol. The minimum absolute atomic E-state index is 0.0272. The van der Waals surface area contributed by atoms with E-state index < -0.39 is 11.5 Å². The number of fused-ring (bicyclic) bond motifs is 1. The number of primary amides is 1. The molecule has 0 saturated heterocycles. The van der Waals surface area contributed by atoms with Crippen LogP contribution in [0.4, 0.5) is 0 Å². The first-order valence-electron chi connectivity index (χ1n) is 7.21. The number of carbonyl (C=O) groups excluding carboxylic acids is 2. The van der Waals surface area contributed by atoms with Crippen molar-refractivity contribution in [3.05, 3.63) is 23.3 Å². The molecule has 0 aromatic heterocycles. The van der Waals surface area contributed by atoms with Crippen LogP contribution in [0.3, 0.4) is 0 Å². The molecule has 5 heteroatoms. The van der Waals surface area contributed by atoms with Crippen molar-refractivity contribution in [1.29, 1.82) is 0 Å². The minimum atomic E-state index is -0.755. The molecule has 2 rings (SSSR count). The Morgan fingerprint density at radius 1 is 1.48 bits per heavy atom. The van der Waals surface area contributed by atoms with Crippen LogP contribution in [0.25, 0.3) is 0 Å². The summed E-state index contributed by atoms with van der Waals surface area (Å²) < 4.78 is 6.02. The monoisotopic (exact) mass is 291 g/mol. The van der Waals surface area contributed by atoms with Crippen molar-refractivity contribution in [1.82, 2.24) is 0 Å². The summed E-state index contributed by atoms with van der Waals surface area (Å²) in [6.45, 7) is 3.80. The zero-order valence-electron chi connectivity index (χ0n) is 12.4. The van der Waals surface area contributed by atoms with Gasteiger partial charge in [0.15, 0.2) is 5.78 Å². The molecule has 0 aliphatic carbocycles. The summed E-state index contributed by atoms with van der Waals surface area (Å²) in [6.07, 6.45) is 2.23. The van der Waals surface area contributed by atoms with Gasteiger partial charge < -0.3 is 15.6 Å². The van der Waals surface area contributed by atoms with Crippen LogP contribution >= 0.6 is 0 Å². The van der Waals surface area contributed by atoms with Gasteiger partial charge >= 0.3 is 0 Å². The lowest BCUT2D eigenvalue weighted by Gasteiger charge is -2.36. The van der Waals surface area contributed by atoms with Crippen LogP contribution in [-0.2, 0) is 11.2 Å². The van der Waals surface area contributed by atoms with Crippen molar-refractivity contribution in [2.24, 2.45) is 5.73 Å². The molecule has 5 nitrogen and oxygen atoms in total. The Morgan fingerprint density at radius 2 is 2.19 bits per heavy atom. The first kappa shape index (κ1) is 15.4. The number of aromatic hydroxyl groups is 1. The van der Waals surface area contributed by atoms with E-state index in [1.54, 1.807) is 13.0 Å². The van der Waals surface area contributed by atoms with Gasteiger partial charge in [-0.25, -0.2) is 0 Å². The standard InChI is InChI=1S/C16H21NO4/c1-3-4-10-12(18)6-5-11-13(19)9-16(2,21-15(10)11)8-7-14(17)20/h5-6,18H,3-4,7-9H2,1-2H3,(H2,17,20). The van der Waals surface area contributed by atoms with Crippen molar-refractivity contribution in [2.45, 2.75) is 51.6 Å². The first-order chi connectivity index (χ1) is 9.86. The highest BCUT2D eigenvalue weighted by molar-refractivity contribution is 6.01. The van der Waals surface area contributed by atoms with Gasteiger partial charge in [0.2, 0.25) is 5.91 Å². The number of Topliss-reactive ketones (excluding diaryl/α,β-unsaturated/α-hetero) is 1. The molecule has 1 heterocycles. The Hall–Kier alpha value is -2.04. The summed E-state index contributed by atoms with van der Waals surface area (Å²) in [5.74, 6) is 0.158. The molecule has 1 aromatic carbocycles. The fourth-order valence-electron chi connectivity index (χ4n) is 2.69. The van der Waals surface area contributed by atoms with Gasteiger partial charge in [-0.15, -0.1) is 0 Å². The Labute approximate surface area is 124 Å². The summed E-state index contributed by atoms with van der Waals surface area (Å²) in [5.41, 5.74) is 5.59. The zero-order chi connectivity index (χ0) is 15.6. The Kier molecular flexibility index (Phi) is 4.21.